The predicted molar refractivity (Wildman–Crippen MR) is 149 cm³/mol. The van der Waals surface area contributed by atoms with Crippen LogP contribution in [0.25, 0.3) is 22.2 Å². The second kappa shape index (κ2) is 9.73. The molecule has 0 saturated carbocycles. The fraction of sp³-hybridized carbons (Fsp3) is 0.357. The maximum atomic E-state index is 5.55. The largest absolute Gasteiger partial charge is 0.454 e. The fourth-order valence-electron chi connectivity index (χ4n) is 5.39. The van der Waals surface area contributed by atoms with E-state index in [1.165, 1.54) is 5.56 Å². The van der Waals surface area contributed by atoms with Crippen molar-refractivity contribution in [2.75, 3.05) is 43.2 Å². The number of para-hydroxylation sites is 2. The van der Waals surface area contributed by atoms with Crippen molar-refractivity contribution in [3.05, 3.63) is 60.2 Å². The number of nitrogens with one attached hydrogen (secondary N) is 2. The van der Waals surface area contributed by atoms with Gasteiger partial charge in [0, 0.05) is 38.8 Å². The molecule has 1 saturated heterocycles. The summed E-state index contributed by atoms with van der Waals surface area (Å²) in [7, 11) is 0. The van der Waals surface area contributed by atoms with Gasteiger partial charge in [0.2, 0.25) is 12.7 Å². The molecule has 200 valence electrons. The van der Waals surface area contributed by atoms with Crippen molar-refractivity contribution in [1.82, 2.24) is 34.4 Å². The Labute approximate surface area is 225 Å². The van der Waals surface area contributed by atoms with Gasteiger partial charge in [0.25, 0.3) is 0 Å². The number of anilines is 2. The van der Waals surface area contributed by atoms with Crippen molar-refractivity contribution in [3.63, 3.8) is 0 Å². The molecule has 3 aromatic heterocycles. The number of hydrogen-bond acceptors (Lipinski definition) is 9. The number of imidazole rings is 2. The molecule has 7 rings (SSSR count). The average Bonchev–Trinajstić information content (AvgIpc) is 3.68. The Balaban J connectivity index is 1.08. The first-order valence-corrected chi connectivity index (χ1v) is 13.4. The minimum atomic E-state index is 0.204. The quantitative estimate of drug-likeness (QED) is 0.326. The van der Waals surface area contributed by atoms with Crippen molar-refractivity contribution in [2.24, 2.45) is 0 Å². The van der Waals surface area contributed by atoms with Crippen molar-refractivity contribution in [2.45, 2.75) is 33.0 Å². The number of aromatic nitrogens is 6. The number of piperazine rings is 1. The van der Waals surface area contributed by atoms with E-state index >= 15 is 0 Å². The van der Waals surface area contributed by atoms with Gasteiger partial charge in [-0.1, -0.05) is 18.2 Å². The first-order valence-electron chi connectivity index (χ1n) is 13.4. The lowest BCUT2D eigenvalue weighted by atomic mass is 10.1. The molecule has 5 heterocycles. The van der Waals surface area contributed by atoms with E-state index in [0.717, 1.165) is 78.2 Å². The van der Waals surface area contributed by atoms with Crippen molar-refractivity contribution in [3.8, 4) is 11.5 Å². The molecule has 2 aliphatic heterocycles. The molecule has 39 heavy (non-hydrogen) atoms. The van der Waals surface area contributed by atoms with Gasteiger partial charge in [-0.25, -0.2) is 19.9 Å². The molecule has 1 fully saturated rings. The summed E-state index contributed by atoms with van der Waals surface area (Å²) in [5, 5.41) is 3.43. The monoisotopic (exact) mass is 525 g/mol. The normalized spacial score (nSPS) is 15.6. The third kappa shape index (κ3) is 4.48. The second-order valence-electron chi connectivity index (χ2n) is 10.3. The Hall–Kier alpha value is -4.38. The highest BCUT2D eigenvalue weighted by Crippen LogP contribution is 2.33. The molecule has 5 aromatic rings. The summed E-state index contributed by atoms with van der Waals surface area (Å²) in [5.74, 6) is 4.16. The number of hydrogen-bond donors (Lipinski definition) is 2. The molecular formula is C28H31N9O2. The molecule has 0 bridgehead atoms. The SMILES string of the molecule is CC(C)n1c(N2CCN(Cc3ccc4c(c3)OCO4)CC2)nc2c(NCc3nc4ccccc4[nH]3)ncnc21. The molecule has 11 heteroatoms. The Morgan fingerprint density at radius 3 is 2.67 bits per heavy atom. The van der Waals surface area contributed by atoms with Gasteiger partial charge in [0.1, 0.15) is 12.2 Å². The number of ether oxygens (including phenoxy) is 2. The number of fused-ring (bicyclic) bond motifs is 3. The zero-order chi connectivity index (χ0) is 26.3. The van der Waals surface area contributed by atoms with E-state index in [1.54, 1.807) is 6.33 Å². The zero-order valence-electron chi connectivity index (χ0n) is 22.1. The summed E-state index contributed by atoms with van der Waals surface area (Å²) in [4.78, 5) is 27.1. The topological polar surface area (TPSA) is 109 Å². The van der Waals surface area contributed by atoms with Crippen LogP contribution in [-0.4, -0.2) is 67.4 Å². The van der Waals surface area contributed by atoms with Gasteiger partial charge < -0.3 is 24.7 Å². The van der Waals surface area contributed by atoms with Crippen LogP contribution < -0.4 is 19.7 Å². The van der Waals surface area contributed by atoms with Gasteiger partial charge >= 0.3 is 0 Å². The van der Waals surface area contributed by atoms with Crippen LogP contribution >= 0.6 is 0 Å². The molecule has 0 amide bonds. The highest BCUT2D eigenvalue weighted by molar-refractivity contribution is 5.85. The highest BCUT2D eigenvalue weighted by atomic mass is 16.7. The van der Waals surface area contributed by atoms with Crippen molar-refractivity contribution >= 4 is 34.0 Å². The number of aromatic amines is 1. The fourth-order valence-corrected chi connectivity index (χ4v) is 5.39. The molecule has 0 unspecified atom stereocenters. The number of nitrogens with zero attached hydrogens (tertiary/aromatic N) is 7. The lowest BCUT2D eigenvalue weighted by Crippen LogP contribution is -2.47. The van der Waals surface area contributed by atoms with E-state index in [1.807, 2.05) is 30.3 Å². The van der Waals surface area contributed by atoms with Crippen LogP contribution in [0, 0.1) is 0 Å². The number of benzene rings is 2. The zero-order valence-corrected chi connectivity index (χ0v) is 22.1. The Morgan fingerprint density at radius 1 is 0.974 bits per heavy atom. The highest BCUT2D eigenvalue weighted by Gasteiger charge is 2.26. The summed E-state index contributed by atoms with van der Waals surface area (Å²) in [5.41, 5.74) is 4.82. The summed E-state index contributed by atoms with van der Waals surface area (Å²) in [6.07, 6.45) is 1.61. The van der Waals surface area contributed by atoms with E-state index in [0.29, 0.717) is 19.2 Å². The molecule has 0 atom stereocenters. The van der Waals surface area contributed by atoms with Crippen LogP contribution in [0.5, 0.6) is 11.5 Å². The first-order chi connectivity index (χ1) is 19.1. The van der Waals surface area contributed by atoms with Gasteiger partial charge in [-0.05, 0) is 43.7 Å². The van der Waals surface area contributed by atoms with E-state index < -0.39 is 0 Å². The summed E-state index contributed by atoms with van der Waals surface area (Å²) >= 11 is 0. The van der Waals surface area contributed by atoms with Crippen molar-refractivity contribution in [1.29, 1.82) is 0 Å². The molecule has 2 N–H and O–H groups in total. The summed E-state index contributed by atoms with van der Waals surface area (Å²) in [6, 6.07) is 14.4. The molecule has 2 aliphatic rings. The van der Waals surface area contributed by atoms with Crippen LogP contribution in [0.1, 0.15) is 31.3 Å². The van der Waals surface area contributed by atoms with Gasteiger partial charge in [-0.3, -0.25) is 9.47 Å². The van der Waals surface area contributed by atoms with Crippen LogP contribution in [-0.2, 0) is 13.1 Å². The Kier molecular flexibility index (Phi) is 5.92. The van der Waals surface area contributed by atoms with Gasteiger partial charge in [-0.15, -0.1) is 0 Å². The lowest BCUT2D eigenvalue weighted by molar-refractivity contribution is 0.174. The van der Waals surface area contributed by atoms with Gasteiger partial charge in [-0.2, -0.15) is 0 Å². The number of H-pyrrole nitrogens is 1. The third-order valence-electron chi connectivity index (χ3n) is 7.33. The minimum absolute atomic E-state index is 0.204. The maximum Gasteiger partial charge on any atom is 0.231 e. The molecule has 0 spiro atoms. The van der Waals surface area contributed by atoms with Crippen molar-refractivity contribution < 1.29 is 9.47 Å². The van der Waals surface area contributed by atoms with Gasteiger partial charge in [0.05, 0.1) is 17.6 Å². The predicted octanol–water partition coefficient (Wildman–Crippen LogP) is 3.95. The maximum absolute atomic E-state index is 5.55. The Morgan fingerprint density at radius 2 is 1.82 bits per heavy atom. The van der Waals surface area contributed by atoms with Crippen LogP contribution in [0.15, 0.2) is 48.8 Å². The van der Waals surface area contributed by atoms with E-state index in [9.17, 15) is 0 Å². The molecule has 11 nitrogen and oxygen atoms in total. The molecule has 0 radical (unpaired) electrons. The third-order valence-corrected chi connectivity index (χ3v) is 7.33. The van der Waals surface area contributed by atoms with Crippen LogP contribution in [0.4, 0.5) is 11.8 Å². The number of rotatable bonds is 7. The molecular weight excluding hydrogens is 494 g/mol. The average molecular weight is 526 g/mol. The first kappa shape index (κ1) is 23.7. The van der Waals surface area contributed by atoms with E-state index in [2.05, 4.69) is 65.6 Å². The van der Waals surface area contributed by atoms with Crippen LogP contribution in [0.3, 0.4) is 0 Å². The lowest BCUT2D eigenvalue weighted by Gasteiger charge is -2.35. The van der Waals surface area contributed by atoms with E-state index in [4.69, 9.17) is 14.5 Å². The second-order valence-corrected chi connectivity index (χ2v) is 10.3. The van der Waals surface area contributed by atoms with Gasteiger partial charge in [0.15, 0.2) is 28.5 Å². The smallest absolute Gasteiger partial charge is 0.231 e. The Bertz CT molecular complexity index is 1600. The summed E-state index contributed by atoms with van der Waals surface area (Å²) in [6.45, 7) is 9.70. The standard InChI is InChI=1S/C28H31N9O2/c1-18(2)37-27-25(26(30-16-31-27)29-14-24-32-20-5-3-4-6-21(20)33-24)34-28(37)36-11-9-35(10-12-36)15-19-7-8-22-23(13-19)39-17-38-22/h3-8,13,16,18H,9-12,14-15,17H2,1-2H3,(H,32,33)(H,29,30,31). The molecule has 2 aromatic carbocycles. The minimum Gasteiger partial charge on any atom is -0.454 e. The molecule has 0 aliphatic carbocycles. The van der Waals surface area contributed by atoms with E-state index in [-0.39, 0.29) is 6.04 Å². The summed E-state index contributed by atoms with van der Waals surface area (Å²) < 4.78 is 13.2. The van der Waals surface area contributed by atoms with Crippen LogP contribution in [0.2, 0.25) is 0 Å².